The molecule has 0 unspecified atom stereocenters. The van der Waals surface area contributed by atoms with Gasteiger partial charge in [0.15, 0.2) is 16.7 Å². The van der Waals surface area contributed by atoms with Gasteiger partial charge in [0.25, 0.3) is 0 Å². The first kappa shape index (κ1) is 18.3. The number of aryl methyl sites for hydroxylation is 1. The summed E-state index contributed by atoms with van der Waals surface area (Å²) in [5, 5.41) is 12.2. The Labute approximate surface area is 157 Å². The van der Waals surface area contributed by atoms with Gasteiger partial charge < -0.3 is 9.73 Å². The van der Waals surface area contributed by atoms with Crippen LogP contribution in [-0.4, -0.2) is 26.4 Å². The fourth-order valence-electron chi connectivity index (χ4n) is 2.53. The van der Waals surface area contributed by atoms with Gasteiger partial charge in [0.05, 0.1) is 12.0 Å². The van der Waals surface area contributed by atoms with E-state index in [-0.39, 0.29) is 11.7 Å². The molecule has 136 valence electrons. The third-order valence-electron chi connectivity index (χ3n) is 3.95. The SMILES string of the molecule is CCCCn1c(SCC(=O)Nc2ccccc2C)nnc1-c1ccco1. The van der Waals surface area contributed by atoms with Crippen molar-refractivity contribution < 1.29 is 9.21 Å². The average molecular weight is 370 g/mol. The molecule has 3 rings (SSSR count). The molecule has 0 saturated carbocycles. The zero-order valence-electron chi connectivity index (χ0n) is 14.9. The largest absolute Gasteiger partial charge is 0.461 e. The summed E-state index contributed by atoms with van der Waals surface area (Å²) in [5.74, 6) is 1.60. The lowest BCUT2D eigenvalue weighted by atomic mass is 10.2. The summed E-state index contributed by atoms with van der Waals surface area (Å²) in [7, 11) is 0. The van der Waals surface area contributed by atoms with E-state index >= 15 is 0 Å². The maximum absolute atomic E-state index is 12.3. The van der Waals surface area contributed by atoms with Gasteiger partial charge in [-0.3, -0.25) is 9.36 Å². The van der Waals surface area contributed by atoms with Crippen LogP contribution in [0.2, 0.25) is 0 Å². The van der Waals surface area contributed by atoms with E-state index in [1.165, 1.54) is 11.8 Å². The van der Waals surface area contributed by atoms with Gasteiger partial charge in [-0.25, -0.2) is 0 Å². The third-order valence-corrected chi connectivity index (χ3v) is 4.91. The van der Waals surface area contributed by atoms with Crippen LogP contribution < -0.4 is 5.32 Å². The molecule has 7 heteroatoms. The van der Waals surface area contributed by atoms with Crippen molar-refractivity contribution >= 4 is 23.4 Å². The van der Waals surface area contributed by atoms with Gasteiger partial charge in [0.1, 0.15) is 0 Å². The van der Waals surface area contributed by atoms with E-state index < -0.39 is 0 Å². The molecular formula is C19H22N4O2S. The summed E-state index contributed by atoms with van der Waals surface area (Å²) >= 11 is 1.38. The zero-order valence-corrected chi connectivity index (χ0v) is 15.8. The average Bonchev–Trinajstić information content (AvgIpc) is 3.29. The second-order valence-corrected chi connectivity index (χ2v) is 6.88. The number of carbonyl (C=O) groups is 1. The smallest absolute Gasteiger partial charge is 0.234 e. The molecule has 3 aromatic rings. The molecule has 0 spiro atoms. The number of hydrogen-bond donors (Lipinski definition) is 1. The molecule has 0 atom stereocenters. The monoisotopic (exact) mass is 370 g/mol. The Morgan fingerprint density at radius 2 is 2.08 bits per heavy atom. The lowest BCUT2D eigenvalue weighted by molar-refractivity contribution is -0.113. The summed E-state index contributed by atoms with van der Waals surface area (Å²) in [6.45, 7) is 4.90. The lowest BCUT2D eigenvalue weighted by Gasteiger charge is -2.09. The fraction of sp³-hybridized carbons (Fsp3) is 0.316. The summed E-state index contributed by atoms with van der Waals surface area (Å²) in [6, 6.07) is 11.4. The number of nitrogens with zero attached hydrogens (tertiary/aromatic N) is 3. The van der Waals surface area contributed by atoms with Crippen molar-refractivity contribution in [3.63, 3.8) is 0 Å². The van der Waals surface area contributed by atoms with E-state index in [4.69, 9.17) is 4.42 Å². The molecule has 0 saturated heterocycles. The van der Waals surface area contributed by atoms with Crippen molar-refractivity contribution in [2.24, 2.45) is 0 Å². The van der Waals surface area contributed by atoms with Crippen molar-refractivity contribution in [1.29, 1.82) is 0 Å². The number of anilines is 1. The summed E-state index contributed by atoms with van der Waals surface area (Å²) in [5.41, 5.74) is 1.87. The molecule has 6 nitrogen and oxygen atoms in total. The minimum Gasteiger partial charge on any atom is -0.461 e. The van der Waals surface area contributed by atoms with Crippen molar-refractivity contribution in [2.75, 3.05) is 11.1 Å². The number of para-hydroxylation sites is 1. The van der Waals surface area contributed by atoms with Gasteiger partial charge in [-0.1, -0.05) is 43.3 Å². The molecular weight excluding hydrogens is 348 g/mol. The Hall–Kier alpha value is -2.54. The quantitative estimate of drug-likeness (QED) is 0.596. The standard InChI is InChI=1S/C19H22N4O2S/c1-3-4-11-23-18(16-10-7-12-25-16)21-22-19(23)26-13-17(24)20-15-9-6-5-8-14(15)2/h5-10,12H,3-4,11,13H2,1-2H3,(H,20,24). The van der Waals surface area contributed by atoms with Gasteiger partial charge in [-0.05, 0) is 37.1 Å². The highest BCUT2D eigenvalue weighted by Gasteiger charge is 2.17. The maximum Gasteiger partial charge on any atom is 0.234 e. The Balaban J connectivity index is 1.69. The molecule has 0 fully saturated rings. The Morgan fingerprint density at radius 1 is 1.23 bits per heavy atom. The third kappa shape index (κ3) is 4.35. The fourth-order valence-corrected chi connectivity index (χ4v) is 3.30. The van der Waals surface area contributed by atoms with Gasteiger partial charge >= 0.3 is 0 Å². The van der Waals surface area contributed by atoms with Gasteiger partial charge in [0.2, 0.25) is 5.91 Å². The molecule has 0 aliphatic heterocycles. The van der Waals surface area contributed by atoms with Crippen molar-refractivity contribution in [3.05, 3.63) is 48.2 Å². The normalized spacial score (nSPS) is 10.8. The highest BCUT2D eigenvalue weighted by Crippen LogP contribution is 2.25. The molecule has 0 bridgehead atoms. The first-order valence-electron chi connectivity index (χ1n) is 8.64. The Kier molecular flexibility index (Phi) is 6.12. The predicted molar refractivity (Wildman–Crippen MR) is 103 cm³/mol. The van der Waals surface area contributed by atoms with Gasteiger partial charge in [0, 0.05) is 12.2 Å². The van der Waals surface area contributed by atoms with E-state index in [9.17, 15) is 4.79 Å². The van der Waals surface area contributed by atoms with Crippen LogP contribution in [0.1, 0.15) is 25.3 Å². The van der Waals surface area contributed by atoms with Crippen LogP contribution in [0.25, 0.3) is 11.6 Å². The Bertz CT molecular complexity index is 858. The van der Waals surface area contributed by atoms with Crippen LogP contribution in [-0.2, 0) is 11.3 Å². The zero-order chi connectivity index (χ0) is 18.4. The van der Waals surface area contributed by atoms with Crippen molar-refractivity contribution in [1.82, 2.24) is 14.8 Å². The number of aromatic nitrogens is 3. The first-order valence-corrected chi connectivity index (χ1v) is 9.63. The molecule has 2 aromatic heterocycles. The molecule has 0 radical (unpaired) electrons. The number of nitrogens with one attached hydrogen (secondary N) is 1. The maximum atomic E-state index is 12.3. The number of benzene rings is 1. The van der Waals surface area contributed by atoms with E-state index in [1.807, 2.05) is 47.9 Å². The van der Waals surface area contributed by atoms with E-state index in [2.05, 4.69) is 22.4 Å². The van der Waals surface area contributed by atoms with Crippen LogP contribution in [0, 0.1) is 6.92 Å². The molecule has 0 aliphatic carbocycles. The van der Waals surface area contributed by atoms with Crippen LogP contribution in [0.5, 0.6) is 0 Å². The number of unbranched alkanes of at least 4 members (excludes halogenated alkanes) is 1. The molecule has 1 amide bonds. The topological polar surface area (TPSA) is 73.0 Å². The second-order valence-electron chi connectivity index (χ2n) is 5.94. The molecule has 2 heterocycles. The minimum atomic E-state index is -0.0612. The minimum absolute atomic E-state index is 0.0612. The predicted octanol–water partition coefficient (Wildman–Crippen LogP) is 4.38. The molecule has 1 N–H and O–H groups in total. The van der Waals surface area contributed by atoms with Crippen LogP contribution >= 0.6 is 11.8 Å². The Morgan fingerprint density at radius 3 is 2.81 bits per heavy atom. The van der Waals surface area contributed by atoms with E-state index in [0.29, 0.717) is 11.6 Å². The summed E-state index contributed by atoms with van der Waals surface area (Å²) in [4.78, 5) is 12.3. The van der Waals surface area contributed by atoms with E-state index in [1.54, 1.807) is 6.26 Å². The number of carbonyl (C=O) groups excluding carboxylic acids is 1. The summed E-state index contributed by atoms with van der Waals surface area (Å²) in [6.07, 6.45) is 3.69. The number of thioether (sulfide) groups is 1. The lowest BCUT2D eigenvalue weighted by Crippen LogP contribution is -2.15. The molecule has 0 aliphatic rings. The first-order chi connectivity index (χ1) is 12.7. The van der Waals surface area contributed by atoms with Gasteiger partial charge in [-0.15, -0.1) is 10.2 Å². The second kappa shape index (κ2) is 8.71. The van der Waals surface area contributed by atoms with Gasteiger partial charge in [-0.2, -0.15) is 0 Å². The molecule has 1 aromatic carbocycles. The van der Waals surface area contributed by atoms with Crippen molar-refractivity contribution in [3.8, 4) is 11.6 Å². The number of furan rings is 1. The number of amides is 1. The van der Waals surface area contributed by atoms with Crippen LogP contribution in [0.4, 0.5) is 5.69 Å². The van der Waals surface area contributed by atoms with Crippen LogP contribution in [0.15, 0.2) is 52.2 Å². The highest BCUT2D eigenvalue weighted by atomic mass is 32.2. The van der Waals surface area contributed by atoms with E-state index in [0.717, 1.165) is 35.8 Å². The molecule has 26 heavy (non-hydrogen) atoms. The van der Waals surface area contributed by atoms with Crippen molar-refractivity contribution in [2.45, 2.75) is 38.4 Å². The van der Waals surface area contributed by atoms with Crippen LogP contribution in [0.3, 0.4) is 0 Å². The highest BCUT2D eigenvalue weighted by molar-refractivity contribution is 7.99. The number of rotatable bonds is 8. The summed E-state index contributed by atoms with van der Waals surface area (Å²) < 4.78 is 7.48. The number of hydrogen-bond acceptors (Lipinski definition) is 5.